The molecular formula is C20H19ClFNO3. The van der Waals surface area contributed by atoms with Gasteiger partial charge in [0.05, 0.1) is 10.9 Å². The number of amides is 1. The van der Waals surface area contributed by atoms with Crippen molar-refractivity contribution < 1.29 is 18.7 Å². The number of rotatable bonds is 5. The summed E-state index contributed by atoms with van der Waals surface area (Å²) in [5, 5.41) is 0.207. The SMILES string of the molecule is CCc1ccccc1N1C[C@H](C(=O)OCc2c(F)cccc2Cl)CC1=O. The Labute approximate surface area is 156 Å². The predicted molar refractivity (Wildman–Crippen MR) is 97.5 cm³/mol. The molecule has 0 spiro atoms. The predicted octanol–water partition coefficient (Wildman–Crippen LogP) is 4.14. The lowest BCUT2D eigenvalue weighted by atomic mass is 10.1. The minimum Gasteiger partial charge on any atom is -0.460 e. The lowest BCUT2D eigenvalue weighted by molar-refractivity contribution is -0.149. The lowest BCUT2D eigenvalue weighted by Crippen LogP contribution is -2.27. The molecule has 1 atom stereocenters. The van der Waals surface area contributed by atoms with Gasteiger partial charge in [0.25, 0.3) is 0 Å². The van der Waals surface area contributed by atoms with Crippen molar-refractivity contribution in [3.8, 4) is 0 Å². The Balaban J connectivity index is 1.67. The van der Waals surface area contributed by atoms with Crippen LogP contribution >= 0.6 is 11.6 Å². The fourth-order valence-electron chi connectivity index (χ4n) is 3.10. The number of para-hydroxylation sites is 1. The molecule has 1 aliphatic rings. The van der Waals surface area contributed by atoms with E-state index < -0.39 is 17.7 Å². The van der Waals surface area contributed by atoms with E-state index in [9.17, 15) is 14.0 Å². The smallest absolute Gasteiger partial charge is 0.311 e. The average molecular weight is 376 g/mol. The molecule has 6 heteroatoms. The maximum atomic E-state index is 13.8. The van der Waals surface area contributed by atoms with Gasteiger partial charge in [0.1, 0.15) is 12.4 Å². The van der Waals surface area contributed by atoms with Crippen LogP contribution in [-0.2, 0) is 27.4 Å². The second-order valence-electron chi connectivity index (χ2n) is 6.20. The molecule has 0 saturated carbocycles. The number of ether oxygens (including phenoxy) is 1. The molecule has 0 aromatic heterocycles. The van der Waals surface area contributed by atoms with Crippen LogP contribution < -0.4 is 4.90 Å². The first kappa shape index (κ1) is 18.4. The molecule has 0 radical (unpaired) electrons. The molecule has 2 aromatic carbocycles. The van der Waals surface area contributed by atoms with Crippen molar-refractivity contribution >= 4 is 29.2 Å². The van der Waals surface area contributed by atoms with Crippen LogP contribution in [0.15, 0.2) is 42.5 Å². The topological polar surface area (TPSA) is 46.6 Å². The molecule has 0 bridgehead atoms. The van der Waals surface area contributed by atoms with E-state index in [-0.39, 0.29) is 36.1 Å². The van der Waals surface area contributed by atoms with Gasteiger partial charge in [0.15, 0.2) is 0 Å². The maximum Gasteiger partial charge on any atom is 0.311 e. The Kier molecular flexibility index (Phi) is 5.57. The van der Waals surface area contributed by atoms with Gasteiger partial charge in [-0.15, -0.1) is 0 Å². The third-order valence-corrected chi connectivity index (χ3v) is 4.90. The van der Waals surface area contributed by atoms with E-state index in [1.807, 2.05) is 31.2 Å². The molecule has 1 fully saturated rings. The molecule has 3 rings (SSSR count). The highest BCUT2D eigenvalue weighted by molar-refractivity contribution is 6.31. The van der Waals surface area contributed by atoms with Crippen LogP contribution in [0.3, 0.4) is 0 Å². The van der Waals surface area contributed by atoms with Crippen LogP contribution in [0.1, 0.15) is 24.5 Å². The molecular weight excluding hydrogens is 357 g/mol. The fraction of sp³-hybridized carbons (Fsp3) is 0.300. The highest BCUT2D eigenvalue weighted by Gasteiger charge is 2.36. The first-order valence-corrected chi connectivity index (χ1v) is 8.86. The van der Waals surface area contributed by atoms with Crippen molar-refractivity contribution in [3.63, 3.8) is 0 Å². The van der Waals surface area contributed by atoms with Gasteiger partial charge in [-0.3, -0.25) is 9.59 Å². The van der Waals surface area contributed by atoms with Gasteiger partial charge in [-0.05, 0) is 30.2 Å². The molecule has 4 nitrogen and oxygen atoms in total. The van der Waals surface area contributed by atoms with Crippen LogP contribution in [-0.4, -0.2) is 18.4 Å². The molecule has 2 aromatic rings. The number of aryl methyl sites for hydroxylation is 1. The number of carbonyl (C=O) groups excluding carboxylic acids is 2. The van der Waals surface area contributed by atoms with E-state index in [0.717, 1.165) is 17.7 Å². The molecule has 0 aliphatic carbocycles. The van der Waals surface area contributed by atoms with Crippen molar-refractivity contribution in [1.29, 1.82) is 0 Å². The third kappa shape index (κ3) is 3.73. The normalized spacial score (nSPS) is 16.8. The van der Waals surface area contributed by atoms with Gasteiger partial charge in [0.2, 0.25) is 5.91 Å². The standard InChI is InChI=1S/C20H19ClFNO3/c1-2-13-6-3-4-9-18(13)23-11-14(10-19(23)24)20(25)26-12-15-16(21)7-5-8-17(15)22/h3-9,14H,2,10-12H2,1H3/t14-/m1/s1. The van der Waals surface area contributed by atoms with Gasteiger partial charge in [-0.1, -0.05) is 42.8 Å². The Bertz CT molecular complexity index is 819. The van der Waals surface area contributed by atoms with Crippen LogP contribution in [0.2, 0.25) is 5.02 Å². The molecule has 136 valence electrons. The van der Waals surface area contributed by atoms with Crippen molar-refractivity contribution in [2.45, 2.75) is 26.4 Å². The quantitative estimate of drug-likeness (QED) is 0.738. The second-order valence-corrected chi connectivity index (χ2v) is 6.60. The molecule has 0 unspecified atom stereocenters. The van der Waals surface area contributed by atoms with Crippen molar-refractivity contribution in [2.24, 2.45) is 5.92 Å². The lowest BCUT2D eigenvalue weighted by Gasteiger charge is -2.19. The monoisotopic (exact) mass is 375 g/mol. The zero-order valence-electron chi connectivity index (χ0n) is 14.4. The Morgan fingerprint density at radius 1 is 1.27 bits per heavy atom. The van der Waals surface area contributed by atoms with Crippen molar-refractivity contribution in [3.05, 3.63) is 64.4 Å². The summed E-state index contributed by atoms with van der Waals surface area (Å²) in [5.41, 5.74) is 2.01. The number of benzene rings is 2. The summed E-state index contributed by atoms with van der Waals surface area (Å²) in [5.74, 6) is -1.73. The van der Waals surface area contributed by atoms with Crippen LogP contribution in [0.4, 0.5) is 10.1 Å². The summed E-state index contributed by atoms with van der Waals surface area (Å²) < 4.78 is 19.0. The van der Waals surface area contributed by atoms with Gasteiger partial charge in [-0.25, -0.2) is 4.39 Å². The largest absolute Gasteiger partial charge is 0.460 e. The van der Waals surface area contributed by atoms with E-state index in [0.29, 0.717) is 0 Å². The fourth-order valence-corrected chi connectivity index (χ4v) is 3.32. The average Bonchev–Trinajstić information content (AvgIpc) is 3.02. The van der Waals surface area contributed by atoms with Gasteiger partial charge < -0.3 is 9.64 Å². The number of carbonyl (C=O) groups is 2. The van der Waals surface area contributed by atoms with Crippen LogP contribution in [0, 0.1) is 11.7 Å². The van der Waals surface area contributed by atoms with Gasteiger partial charge in [-0.2, -0.15) is 0 Å². The van der Waals surface area contributed by atoms with Crippen molar-refractivity contribution in [1.82, 2.24) is 0 Å². The van der Waals surface area contributed by atoms with E-state index >= 15 is 0 Å². The minimum atomic E-state index is -0.571. The first-order chi connectivity index (χ1) is 12.5. The minimum absolute atomic E-state index is 0.0852. The van der Waals surface area contributed by atoms with Crippen LogP contribution in [0.5, 0.6) is 0 Å². The molecule has 1 heterocycles. The summed E-state index contributed by atoms with van der Waals surface area (Å²) in [6, 6.07) is 11.9. The summed E-state index contributed by atoms with van der Waals surface area (Å²) in [7, 11) is 0. The Hall–Kier alpha value is -2.40. The third-order valence-electron chi connectivity index (χ3n) is 4.54. The molecule has 0 N–H and O–H groups in total. The Morgan fingerprint density at radius 2 is 2.04 bits per heavy atom. The molecule has 1 amide bonds. The van der Waals surface area contributed by atoms with E-state index in [1.54, 1.807) is 4.90 Å². The summed E-state index contributed by atoms with van der Waals surface area (Å²) in [6.07, 6.45) is 0.878. The first-order valence-electron chi connectivity index (χ1n) is 8.49. The number of halogens is 2. The maximum absolute atomic E-state index is 13.8. The second kappa shape index (κ2) is 7.87. The van der Waals surface area contributed by atoms with Crippen LogP contribution in [0.25, 0.3) is 0 Å². The molecule has 1 aliphatic heterocycles. The highest BCUT2D eigenvalue weighted by atomic mass is 35.5. The van der Waals surface area contributed by atoms with E-state index in [1.165, 1.54) is 18.2 Å². The Morgan fingerprint density at radius 3 is 2.77 bits per heavy atom. The van der Waals surface area contributed by atoms with E-state index in [4.69, 9.17) is 16.3 Å². The zero-order chi connectivity index (χ0) is 18.7. The summed E-state index contributed by atoms with van der Waals surface area (Å²) in [6.45, 7) is 2.03. The number of hydrogen-bond acceptors (Lipinski definition) is 3. The summed E-state index contributed by atoms with van der Waals surface area (Å²) >= 11 is 5.94. The summed E-state index contributed by atoms with van der Waals surface area (Å²) in [4.78, 5) is 26.4. The number of esters is 1. The van der Waals surface area contributed by atoms with Gasteiger partial charge >= 0.3 is 5.97 Å². The number of nitrogens with zero attached hydrogens (tertiary/aromatic N) is 1. The molecule has 1 saturated heterocycles. The highest BCUT2D eigenvalue weighted by Crippen LogP contribution is 2.29. The number of hydrogen-bond donors (Lipinski definition) is 0. The van der Waals surface area contributed by atoms with Crippen molar-refractivity contribution in [2.75, 3.05) is 11.4 Å². The zero-order valence-corrected chi connectivity index (χ0v) is 15.1. The van der Waals surface area contributed by atoms with E-state index in [2.05, 4.69) is 0 Å². The van der Waals surface area contributed by atoms with Gasteiger partial charge in [0, 0.05) is 24.2 Å². The molecule has 26 heavy (non-hydrogen) atoms. The number of anilines is 1.